The maximum Gasteiger partial charge on any atom is 0.235 e. The summed E-state index contributed by atoms with van der Waals surface area (Å²) in [5.41, 5.74) is 3.67. The molecule has 30 heavy (non-hydrogen) atoms. The fraction of sp³-hybridized carbons (Fsp3) is 0.143. The summed E-state index contributed by atoms with van der Waals surface area (Å²) in [4.78, 5) is 29.3. The Labute approximate surface area is 177 Å². The van der Waals surface area contributed by atoms with Crippen LogP contribution in [0.25, 0.3) is 17.1 Å². The summed E-state index contributed by atoms with van der Waals surface area (Å²) < 4.78 is 1.72. The predicted molar refractivity (Wildman–Crippen MR) is 115 cm³/mol. The number of nitrogens with zero attached hydrogens (tertiary/aromatic N) is 6. The van der Waals surface area contributed by atoms with E-state index in [-0.39, 0.29) is 11.7 Å². The molecular weight excluding hydrogens is 398 g/mol. The van der Waals surface area contributed by atoms with Gasteiger partial charge in [-0.05, 0) is 26.0 Å². The second-order valence-corrected chi connectivity index (χ2v) is 7.54. The van der Waals surface area contributed by atoms with Crippen molar-refractivity contribution in [2.45, 2.75) is 18.9 Å². The molecule has 150 valence electrons. The van der Waals surface area contributed by atoms with Crippen LogP contribution in [-0.4, -0.2) is 41.4 Å². The van der Waals surface area contributed by atoms with Crippen molar-refractivity contribution in [3.63, 3.8) is 0 Å². The van der Waals surface area contributed by atoms with Gasteiger partial charge in [-0.2, -0.15) is 5.10 Å². The van der Waals surface area contributed by atoms with Crippen LogP contribution in [0.5, 0.6) is 0 Å². The minimum atomic E-state index is -0.183. The molecule has 9 heteroatoms. The summed E-state index contributed by atoms with van der Waals surface area (Å²) in [5.74, 6) is 1.04. The number of nitrogens with one attached hydrogen (secondary N) is 1. The van der Waals surface area contributed by atoms with Gasteiger partial charge >= 0.3 is 0 Å². The molecule has 0 aliphatic rings. The zero-order valence-corrected chi connectivity index (χ0v) is 17.3. The van der Waals surface area contributed by atoms with E-state index in [4.69, 9.17) is 0 Å². The van der Waals surface area contributed by atoms with Crippen molar-refractivity contribution in [1.29, 1.82) is 0 Å². The third-order valence-corrected chi connectivity index (χ3v) is 5.13. The summed E-state index contributed by atoms with van der Waals surface area (Å²) in [6, 6.07) is 15.4. The number of hydrogen-bond donors (Lipinski definition) is 1. The molecule has 0 saturated carbocycles. The highest BCUT2D eigenvalue weighted by Crippen LogP contribution is 2.22. The monoisotopic (exact) mass is 417 g/mol. The lowest BCUT2D eigenvalue weighted by atomic mass is 10.1. The van der Waals surface area contributed by atoms with Crippen molar-refractivity contribution in [2.24, 2.45) is 0 Å². The largest absolute Gasteiger partial charge is 0.310 e. The number of thioether (sulfide) groups is 1. The minimum absolute atomic E-state index is 0.183. The SMILES string of the molecule is Cc1cc(C)n(-c2cc(NC(=O)CSc3cc(-c4ccccc4)ncn3)ncn2)n1. The molecule has 0 aliphatic heterocycles. The molecule has 0 radical (unpaired) electrons. The number of carbonyl (C=O) groups is 1. The lowest BCUT2D eigenvalue weighted by molar-refractivity contribution is -0.113. The molecular formula is C21H19N7OS. The van der Waals surface area contributed by atoms with Crippen LogP contribution >= 0.6 is 11.8 Å². The molecule has 1 N–H and O–H groups in total. The van der Waals surface area contributed by atoms with Crippen LogP contribution in [0.1, 0.15) is 11.4 Å². The van der Waals surface area contributed by atoms with E-state index in [0.29, 0.717) is 11.6 Å². The predicted octanol–water partition coefficient (Wildman–Crippen LogP) is 3.47. The molecule has 0 spiro atoms. The van der Waals surface area contributed by atoms with Gasteiger partial charge in [0.15, 0.2) is 5.82 Å². The lowest BCUT2D eigenvalue weighted by Crippen LogP contribution is -2.16. The van der Waals surface area contributed by atoms with Gasteiger partial charge in [-0.15, -0.1) is 0 Å². The Hall–Kier alpha value is -3.59. The standard InChI is InChI=1S/C21H19N7OS/c1-14-8-15(2)28(27-14)19-10-18(23-13-24-19)26-20(29)11-30-21-9-17(22-12-25-21)16-6-4-3-5-7-16/h3-10,12-13H,11H2,1-2H3,(H,23,24,26,29). The van der Waals surface area contributed by atoms with Gasteiger partial charge in [0.05, 0.1) is 17.1 Å². The molecule has 0 unspecified atom stereocenters. The first-order chi connectivity index (χ1) is 14.6. The Bertz CT molecular complexity index is 1180. The van der Waals surface area contributed by atoms with Gasteiger partial charge in [0.2, 0.25) is 5.91 Å². The number of aryl methyl sites for hydroxylation is 2. The molecule has 1 amide bonds. The molecule has 4 aromatic rings. The van der Waals surface area contributed by atoms with Crippen LogP contribution in [0.2, 0.25) is 0 Å². The van der Waals surface area contributed by atoms with Crippen molar-refractivity contribution < 1.29 is 4.79 Å². The number of amides is 1. The Morgan fingerprint density at radius 2 is 1.80 bits per heavy atom. The molecule has 8 nitrogen and oxygen atoms in total. The quantitative estimate of drug-likeness (QED) is 0.379. The van der Waals surface area contributed by atoms with Crippen LogP contribution in [0.4, 0.5) is 5.82 Å². The minimum Gasteiger partial charge on any atom is -0.310 e. The Balaban J connectivity index is 1.40. The van der Waals surface area contributed by atoms with Crippen molar-refractivity contribution in [1.82, 2.24) is 29.7 Å². The first-order valence-corrected chi connectivity index (χ1v) is 10.2. The number of hydrogen-bond acceptors (Lipinski definition) is 7. The Morgan fingerprint density at radius 1 is 1.00 bits per heavy atom. The van der Waals surface area contributed by atoms with Gasteiger partial charge in [-0.3, -0.25) is 4.79 Å². The van der Waals surface area contributed by atoms with Gasteiger partial charge in [-0.25, -0.2) is 24.6 Å². The zero-order chi connectivity index (χ0) is 20.9. The molecule has 0 aliphatic carbocycles. The van der Waals surface area contributed by atoms with Crippen LogP contribution in [-0.2, 0) is 4.79 Å². The van der Waals surface area contributed by atoms with Gasteiger partial charge < -0.3 is 5.32 Å². The van der Waals surface area contributed by atoms with E-state index in [2.05, 4.69) is 30.4 Å². The van der Waals surface area contributed by atoms with E-state index in [0.717, 1.165) is 27.7 Å². The third kappa shape index (κ3) is 4.69. The first-order valence-electron chi connectivity index (χ1n) is 9.24. The van der Waals surface area contributed by atoms with E-state index in [1.165, 1.54) is 24.4 Å². The Morgan fingerprint density at radius 3 is 2.57 bits per heavy atom. The van der Waals surface area contributed by atoms with Gasteiger partial charge in [-0.1, -0.05) is 42.1 Å². The topological polar surface area (TPSA) is 98.5 Å². The highest BCUT2D eigenvalue weighted by molar-refractivity contribution is 7.99. The highest BCUT2D eigenvalue weighted by atomic mass is 32.2. The normalized spacial score (nSPS) is 10.7. The molecule has 0 bridgehead atoms. The molecule has 0 fully saturated rings. The highest BCUT2D eigenvalue weighted by Gasteiger charge is 2.10. The molecule has 0 atom stereocenters. The lowest BCUT2D eigenvalue weighted by Gasteiger charge is -2.07. The smallest absolute Gasteiger partial charge is 0.235 e. The first kappa shape index (κ1) is 19.7. The third-order valence-electron chi connectivity index (χ3n) is 4.21. The average molecular weight is 417 g/mol. The molecule has 0 saturated heterocycles. The van der Waals surface area contributed by atoms with E-state index in [1.807, 2.05) is 56.3 Å². The summed E-state index contributed by atoms with van der Waals surface area (Å²) in [6.45, 7) is 3.86. The van der Waals surface area contributed by atoms with E-state index in [9.17, 15) is 4.79 Å². The zero-order valence-electron chi connectivity index (χ0n) is 16.5. The second-order valence-electron chi connectivity index (χ2n) is 6.54. The van der Waals surface area contributed by atoms with E-state index >= 15 is 0 Å². The molecule has 1 aromatic carbocycles. The van der Waals surface area contributed by atoms with Crippen molar-refractivity contribution >= 4 is 23.5 Å². The van der Waals surface area contributed by atoms with Crippen LogP contribution in [0.15, 0.2) is 66.2 Å². The van der Waals surface area contributed by atoms with Crippen molar-refractivity contribution in [3.8, 4) is 17.1 Å². The summed E-state index contributed by atoms with van der Waals surface area (Å²) in [5, 5.41) is 7.93. The fourth-order valence-corrected chi connectivity index (χ4v) is 3.56. The number of aromatic nitrogens is 6. The maximum absolute atomic E-state index is 12.4. The summed E-state index contributed by atoms with van der Waals surface area (Å²) >= 11 is 1.34. The van der Waals surface area contributed by atoms with Crippen LogP contribution in [0.3, 0.4) is 0 Å². The molecule has 3 heterocycles. The van der Waals surface area contributed by atoms with Gasteiger partial charge in [0, 0.05) is 17.3 Å². The van der Waals surface area contributed by atoms with Gasteiger partial charge in [0.1, 0.15) is 23.5 Å². The van der Waals surface area contributed by atoms with E-state index < -0.39 is 0 Å². The van der Waals surface area contributed by atoms with Crippen LogP contribution in [0, 0.1) is 13.8 Å². The van der Waals surface area contributed by atoms with Crippen molar-refractivity contribution in [2.75, 3.05) is 11.1 Å². The van der Waals surface area contributed by atoms with Crippen LogP contribution < -0.4 is 5.32 Å². The molecule has 3 aromatic heterocycles. The van der Waals surface area contributed by atoms with Gasteiger partial charge in [0.25, 0.3) is 0 Å². The average Bonchev–Trinajstić information content (AvgIpc) is 3.11. The number of carbonyl (C=O) groups excluding carboxylic acids is 1. The van der Waals surface area contributed by atoms with E-state index in [1.54, 1.807) is 10.7 Å². The second kappa shape index (κ2) is 8.83. The number of benzene rings is 1. The van der Waals surface area contributed by atoms with Crippen molar-refractivity contribution in [3.05, 3.63) is 72.6 Å². The molecule has 4 rings (SSSR count). The summed E-state index contributed by atoms with van der Waals surface area (Å²) in [6.07, 6.45) is 2.92. The number of rotatable bonds is 6. The Kier molecular flexibility index (Phi) is 5.80. The summed E-state index contributed by atoms with van der Waals surface area (Å²) in [7, 11) is 0. The maximum atomic E-state index is 12.4. The number of anilines is 1. The fourth-order valence-electron chi connectivity index (χ4n) is 2.90.